The Kier molecular flexibility index (Phi) is 3.87. The molecule has 2 heterocycles. The molecule has 0 aliphatic carbocycles. The van der Waals surface area contributed by atoms with Crippen LogP contribution < -0.4 is 10.2 Å². The Morgan fingerprint density at radius 1 is 1.50 bits per heavy atom. The number of aryl methyl sites for hydroxylation is 1. The smallest absolute Gasteiger partial charge is 0.304 e. The van der Waals surface area contributed by atoms with Crippen molar-refractivity contribution in [3.8, 4) is 0 Å². The first-order valence-corrected chi connectivity index (χ1v) is 6.78. The van der Waals surface area contributed by atoms with Crippen LogP contribution in [0.5, 0.6) is 0 Å². The van der Waals surface area contributed by atoms with Crippen LogP contribution in [0.1, 0.15) is 22.5 Å². The van der Waals surface area contributed by atoms with Gasteiger partial charge in [-0.25, -0.2) is 4.98 Å². The minimum atomic E-state index is 0.00265. The first-order chi connectivity index (χ1) is 7.78. The highest BCUT2D eigenvalue weighted by Gasteiger charge is 2.00. The molecule has 0 aliphatic rings. The standard InChI is InChI=1S/C10H13N3OS2/c1-2-9-12-5-8(16-9)4-11-3-7-6-15-10(14)13-7/h5-6,11H,2-4H2,1H3,(H,13,14). The van der Waals surface area contributed by atoms with Crippen LogP contribution in [-0.4, -0.2) is 9.97 Å². The van der Waals surface area contributed by atoms with E-state index in [0.717, 1.165) is 18.7 Å². The molecule has 0 aromatic carbocycles. The Balaban J connectivity index is 1.81. The number of thiazole rings is 2. The van der Waals surface area contributed by atoms with Crippen molar-refractivity contribution in [2.24, 2.45) is 0 Å². The van der Waals surface area contributed by atoms with Gasteiger partial charge in [-0.3, -0.25) is 4.79 Å². The summed E-state index contributed by atoms with van der Waals surface area (Å²) in [7, 11) is 0. The van der Waals surface area contributed by atoms with Crippen LogP contribution in [0, 0.1) is 0 Å². The van der Waals surface area contributed by atoms with E-state index >= 15 is 0 Å². The maximum atomic E-state index is 10.9. The maximum Gasteiger partial charge on any atom is 0.304 e. The number of nitrogens with one attached hydrogen (secondary N) is 2. The summed E-state index contributed by atoms with van der Waals surface area (Å²) in [6, 6.07) is 0. The zero-order chi connectivity index (χ0) is 11.4. The van der Waals surface area contributed by atoms with E-state index in [9.17, 15) is 4.79 Å². The van der Waals surface area contributed by atoms with E-state index in [1.54, 1.807) is 11.3 Å². The summed E-state index contributed by atoms with van der Waals surface area (Å²) in [5, 5.41) is 6.29. The Morgan fingerprint density at radius 2 is 2.38 bits per heavy atom. The fourth-order valence-electron chi connectivity index (χ4n) is 1.31. The van der Waals surface area contributed by atoms with E-state index in [1.807, 2.05) is 11.6 Å². The first-order valence-electron chi connectivity index (χ1n) is 5.09. The Labute approximate surface area is 101 Å². The topological polar surface area (TPSA) is 57.8 Å². The van der Waals surface area contributed by atoms with Crippen LogP contribution in [0.3, 0.4) is 0 Å². The minimum Gasteiger partial charge on any atom is -0.315 e. The Bertz CT molecular complexity index is 500. The van der Waals surface area contributed by atoms with Crippen LogP contribution in [0.15, 0.2) is 16.4 Å². The zero-order valence-corrected chi connectivity index (χ0v) is 10.6. The number of aromatic nitrogens is 2. The van der Waals surface area contributed by atoms with Gasteiger partial charge in [0.25, 0.3) is 0 Å². The maximum absolute atomic E-state index is 10.9. The Morgan fingerprint density at radius 3 is 3.00 bits per heavy atom. The molecule has 4 nitrogen and oxygen atoms in total. The lowest BCUT2D eigenvalue weighted by atomic mass is 10.4. The number of hydrogen-bond acceptors (Lipinski definition) is 5. The number of hydrogen-bond donors (Lipinski definition) is 2. The number of aromatic amines is 1. The predicted molar refractivity (Wildman–Crippen MR) is 67.0 cm³/mol. The van der Waals surface area contributed by atoms with Crippen molar-refractivity contribution in [3.05, 3.63) is 36.8 Å². The van der Waals surface area contributed by atoms with Gasteiger partial charge in [0.05, 0.1) is 5.01 Å². The summed E-state index contributed by atoms with van der Waals surface area (Å²) >= 11 is 2.93. The fourth-order valence-corrected chi connectivity index (χ4v) is 2.73. The second-order valence-electron chi connectivity index (χ2n) is 3.35. The second-order valence-corrected chi connectivity index (χ2v) is 5.39. The van der Waals surface area contributed by atoms with Gasteiger partial charge in [0, 0.05) is 35.2 Å². The summed E-state index contributed by atoms with van der Waals surface area (Å²) in [5.74, 6) is 0. The molecule has 6 heteroatoms. The molecule has 0 spiro atoms. The summed E-state index contributed by atoms with van der Waals surface area (Å²) in [4.78, 5) is 19.2. The lowest BCUT2D eigenvalue weighted by Gasteiger charge is -1.99. The molecule has 0 amide bonds. The molecule has 0 atom stereocenters. The molecule has 2 rings (SSSR count). The highest BCUT2D eigenvalue weighted by Crippen LogP contribution is 2.12. The summed E-state index contributed by atoms with van der Waals surface area (Å²) in [6.07, 6.45) is 2.90. The van der Waals surface area contributed by atoms with Gasteiger partial charge in [-0.1, -0.05) is 18.3 Å². The lowest BCUT2D eigenvalue weighted by molar-refractivity contribution is 0.688. The summed E-state index contributed by atoms with van der Waals surface area (Å²) < 4.78 is 0. The Hall–Kier alpha value is -0.980. The highest BCUT2D eigenvalue weighted by molar-refractivity contribution is 7.11. The van der Waals surface area contributed by atoms with E-state index in [2.05, 4.69) is 22.2 Å². The average molecular weight is 255 g/mol. The molecule has 2 aromatic rings. The van der Waals surface area contributed by atoms with E-state index in [4.69, 9.17) is 0 Å². The molecule has 0 bridgehead atoms. The molecule has 0 unspecified atom stereocenters. The van der Waals surface area contributed by atoms with E-state index in [1.165, 1.54) is 21.2 Å². The van der Waals surface area contributed by atoms with Crippen molar-refractivity contribution >= 4 is 22.7 Å². The SMILES string of the molecule is CCc1ncc(CNCc2csc(=O)[nH]2)s1. The molecule has 2 aromatic heterocycles. The van der Waals surface area contributed by atoms with Gasteiger partial charge in [0.15, 0.2) is 0 Å². The van der Waals surface area contributed by atoms with Crippen LogP contribution in [0.25, 0.3) is 0 Å². The third kappa shape index (κ3) is 3.01. The van der Waals surface area contributed by atoms with Gasteiger partial charge in [0.2, 0.25) is 0 Å². The van der Waals surface area contributed by atoms with Crippen LogP contribution in [-0.2, 0) is 19.5 Å². The number of rotatable bonds is 5. The van der Waals surface area contributed by atoms with Gasteiger partial charge < -0.3 is 10.3 Å². The summed E-state index contributed by atoms with van der Waals surface area (Å²) in [5.41, 5.74) is 0.940. The molecule has 86 valence electrons. The second kappa shape index (κ2) is 5.38. The van der Waals surface area contributed by atoms with E-state index < -0.39 is 0 Å². The molecule has 0 aliphatic heterocycles. The highest BCUT2D eigenvalue weighted by atomic mass is 32.1. The molecular formula is C10H13N3OS2. The zero-order valence-electron chi connectivity index (χ0n) is 8.95. The van der Waals surface area contributed by atoms with Crippen molar-refractivity contribution in [2.45, 2.75) is 26.4 Å². The van der Waals surface area contributed by atoms with Crippen molar-refractivity contribution < 1.29 is 0 Å². The lowest BCUT2D eigenvalue weighted by Crippen LogP contribution is -2.12. The van der Waals surface area contributed by atoms with Crippen molar-refractivity contribution in [3.63, 3.8) is 0 Å². The number of nitrogens with zero attached hydrogens (tertiary/aromatic N) is 1. The van der Waals surface area contributed by atoms with Crippen molar-refractivity contribution in [1.82, 2.24) is 15.3 Å². The average Bonchev–Trinajstić information content (AvgIpc) is 2.88. The largest absolute Gasteiger partial charge is 0.315 e. The monoisotopic (exact) mass is 255 g/mol. The van der Waals surface area contributed by atoms with Gasteiger partial charge in [0.1, 0.15) is 0 Å². The molecule has 2 N–H and O–H groups in total. The van der Waals surface area contributed by atoms with Crippen LogP contribution in [0.4, 0.5) is 0 Å². The predicted octanol–water partition coefficient (Wildman–Crippen LogP) is 1.75. The number of H-pyrrole nitrogens is 1. The fraction of sp³-hybridized carbons (Fsp3) is 0.400. The van der Waals surface area contributed by atoms with E-state index in [-0.39, 0.29) is 4.87 Å². The van der Waals surface area contributed by atoms with Crippen molar-refractivity contribution in [2.75, 3.05) is 0 Å². The molecular weight excluding hydrogens is 242 g/mol. The normalized spacial score (nSPS) is 10.8. The molecule has 0 fully saturated rings. The quantitative estimate of drug-likeness (QED) is 0.855. The third-order valence-corrected chi connectivity index (χ3v) is 3.95. The van der Waals surface area contributed by atoms with Gasteiger partial charge in [-0.15, -0.1) is 11.3 Å². The van der Waals surface area contributed by atoms with Gasteiger partial charge in [-0.2, -0.15) is 0 Å². The van der Waals surface area contributed by atoms with Gasteiger partial charge in [-0.05, 0) is 6.42 Å². The van der Waals surface area contributed by atoms with Crippen LogP contribution >= 0.6 is 22.7 Å². The minimum absolute atomic E-state index is 0.00265. The third-order valence-electron chi connectivity index (χ3n) is 2.09. The van der Waals surface area contributed by atoms with Crippen LogP contribution in [0.2, 0.25) is 0 Å². The molecule has 0 saturated heterocycles. The first kappa shape index (κ1) is 11.5. The summed E-state index contributed by atoms with van der Waals surface area (Å²) in [6.45, 7) is 3.60. The van der Waals surface area contributed by atoms with E-state index in [0.29, 0.717) is 6.54 Å². The van der Waals surface area contributed by atoms with Crippen molar-refractivity contribution in [1.29, 1.82) is 0 Å². The molecule has 0 saturated carbocycles. The van der Waals surface area contributed by atoms with Gasteiger partial charge >= 0.3 is 4.87 Å². The molecule has 16 heavy (non-hydrogen) atoms. The molecule has 0 radical (unpaired) electrons.